The molecule has 7 nitrogen and oxygen atoms in total. The van der Waals surface area contributed by atoms with Gasteiger partial charge in [0.15, 0.2) is 5.65 Å². The Balaban J connectivity index is 1.71. The molecule has 0 fully saturated rings. The van der Waals surface area contributed by atoms with Gasteiger partial charge in [0.25, 0.3) is 5.91 Å². The molecule has 4 rings (SSSR count). The molecule has 3 aromatic heterocycles. The summed E-state index contributed by atoms with van der Waals surface area (Å²) < 4.78 is 1.63. The predicted octanol–water partition coefficient (Wildman–Crippen LogP) is 1.51. The molecule has 0 atom stereocenters. The van der Waals surface area contributed by atoms with Crippen molar-refractivity contribution in [1.82, 2.24) is 29.8 Å². The van der Waals surface area contributed by atoms with Crippen molar-refractivity contribution in [2.24, 2.45) is 0 Å². The van der Waals surface area contributed by atoms with Crippen LogP contribution in [0.3, 0.4) is 0 Å². The zero-order valence-electron chi connectivity index (χ0n) is 13.9. The maximum absolute atomic E-state index is 12.3. The van der Waals surface area contributed by atoms with Gasteiger partial charge in [0.2, 0.25) is 5.82 Å². The SMILES string of the molecule is CN(C)CCNC(=O)c1nc2c3c4c(sc3ncn2n1)CCCC4. The fraction of sp³-hybridized carbons (Fsp3) is 0.500. The minimum absolute atomic E-state index is 0.207. The summed E-state index contributed by atoms with van der Waals surface area (Å²) in [5, 5.41) is 8.25. The maximum Gasteiger partial charge on any atom is 0.291 e. The summed E-state index contributed by atoms with van der Waals surface area (Å²) in [6.45, 7) is 1.35. The lowest BCUT2D eigenvalue weighted by molar-refractivity contribution is 0.0941. The van der Waals surface area contributed by atoms with Crippen molar-refractivity contribution in [3.05, 3.63) is 22.6 Å². The van der Waals surface area contributed by atoms with Gasteiger partial charge in [0.05, 0.1) is 5.39 Å². The van der Waals surface area contributed by atoms with Gasteiger partial charge in [-0.15, -0.1) is 16.4 Å². The van der Waals surface area contributed by atoms with Crippen molar-refractivity contribution in [1.29, 1.82) is 0 Å². The number of rotatable bonds is 4. The second-order valence-corrected chi connectivity index (χ2v) is 7.48. The summed E-state index contributed by atoms with van der Waals surface area (Å²) in [6.07, 6.45) is 6.28. The number of carbonyl (C=O) groups excluding carboxylic acids is 1. The highest BCUT2D eigenvalue weighted by Gasteiger charge is 2.22. The Kier molecular flexibility index (Phi) is 3.93. The van der Waals surface area contributed by atoms with Crippen LogP contribution in [-0.4, -0.2) is 57.6 Å². The third-order valence-corrected chi connectivity index (χ3v) is 5.54. The van der Waals surface area contributed by atoms with Crippen LogP contribution in [0.5, 0.6) is 0 Å². The van der Waals surface area contributed by atoms with E-state index in [1.54, 1.807) is 22.2 Å². The van der Waals surface area contributed by atoms with E-state index in [-0.39, 0.29) is 11.7 Å². The zero-order valence-corrected chi connectivity index (χ0v) is 14.7. The smallest absolute Gasteiger partial charge is 0.291 e. The lowest BCUT2D eigenvalue weighted by atomic mass is 9.97. The minimum atomic E-state index is -0.238. The van der Waals surface area contributed by atoms with Gasteiger partial charge in [-0.1, -0.05) is 0 Å². The number of hydrogen-bond donors (Lipinski definition) is 1. The number of aromatic nitrogens is 4. The number of hydrogen-bond acceptors (Lipinski definition) is 6. The molecule has 1 aliphatic carbocycles. The Hall–Kier alpha value is -2.06. The summed E-state index contributed by atoms with van der Waals surface area (Å²) in [5.74, 6) is -0.0309. The van der Waals surface area contributed by atoms with E-state index in [9.17, 15) is 4.79 Å². The van der Waals surface area contributed by atoms with E-state index >= 15 is 0 Å². The fourth-order valence-electron chi connectivity index (χ4n) is 3.12. The highest BCUT2D eigenvalue weighted by Crippen LogP contribution is 2.36. The van der Waals surface area contributed by atoms with Crippen molar-refractivity contribution < 1.29 is 4.79 Å². The molecule has 1 N–H and O–H groups in total. The van der Waals surface area contributed by atoms with Crippen LogP contribution < -0.4 is 5.32 Å². The first-order valence-electron chi connectivity index (χ1n) is 8.22. The Bertz CT molecular complexity index is 912. The molecule has 0 bridgehead atoms. The van der Waals surface area contributed by atoms with Crippen LogP contribution in [0.25, 0.3) is 15.9 Å². The molecule has 0 radical (unpaired) electrons. The van der Waals surface area contributed by atoms with E-state index < -0.39 is 0 Å². The quantitative estimate of drug-likeness (QED) is 0.776. The second-order valence-electron chi connectivity index (χ2n) is 6.40. The molecule has 0 spiro atoms. The molecule has 0 saturated heterocycles. The lowest BCUT2D eigenvalue weighted by Gasteiger charge is -2.09. The zero-order chi connectivity index (χ0) is 16.7. The number of nitrogens with zero attached hydrogens (tertiary/aromatic N) is 5. The third kappa shape index (κ3) is 2.65. The van der Waals surface area contributed by atoms with Gasteiger partial charge in [-0.2, -0.15) is 0 Å². The van der Waals surface area contributed by atoms with Gasteiger partial charge in [-0.05, 0) is 45.3 Å². The lowest BCUT2D eigenvalue weighted by Crippen LogP contribution is -2.31. The average Bonchev–Trinajstić information content (AvgIpc) is 3.14. The van der Waals surface area contributed by atoms with E-state index in [2.05, 4.69) is 20.4 Å². The minimum Gasteiger partial charge on any atom is -0.348 e. The molecular formula is C16H20N6OS. The first-order chi connectivity index (χ1) is 11.6. The van der Waals surface area contributed by atoms with Crippen molar-refractivity contribution in [3.63, 3.8) is 0 Å². The standard InChI is InChI=1S/C16H20N6OS/c1-21(2)8-7-17-15(23)13-19-14-12-10-5-3-4-6-11(10)24-16(12)18-9-22(14)20-13/h9H,3-8H2,1-2H3,(H,17,23). The molecule has 0 aliphatic heterocycles. The molecule has 0 unspecified atom stereocenters. The Morgan fingerprint density at radius 1 is 1.38 bits per heavy atom. The van der Waals surface area contributed by atoms with Crippen LogP contribution in [0.4, 0.5) is 0 Å². The Labute approximate surface area is 143 Å². The summed E-state index contributed by atoms with van der Waals surface area (Å²) in [7, 11) is 3.94. The maximum atomic E-state index is 12.3. The first-order valence-corrected chi connectivity index (χ1v) is 9.03. The second kappa shape index (κ2) is 6.10. The highest BCUT2D eigenvalue weighted by atomic mass is 32.1. The number of fused-ring (bicyclic) bond motifs is 5. The van der Waals surface area contributed by atoms with Gasteiger partial charge >= 0.3 is 0 Å². The Morgan fingerprint density at radius 2 is 2.21 bits per heavy atom. The number of amides is 1. The molecule has 0 saturated carbocycles. The normalized spacial score (nSPS) is 14.5. The van der Waals surface area contributed by atoms with Crippen molar-refractivity contribution >= 4 is 33.1 Å². The summed E-state index contributed by atoms with van der Waals surface area (Å²) in [5.41, 5.74) is 2.10. The van der Waals surface area contributed by atoms with Crippen LogP contribution in [0, 0.1) is 0 Å². The van der Waals surface area contributed by atoms with E-state index in [0.29, 0.717) is 6.54 Å². The van der Waals surface area contributed by atoms with Crippen molar-refractivity contribution in [3.8, 4) is 0 Å². The van der Waals surface area contributed by atoms with Gasteiger partial charge in [-0.25, -0.2) is 14.5 Å². The molecule has 8 heteroatoms. The van der Waals surface area contributed by atoms with Gasteiger partial charge in [-0.3, -0.25) is 4.79 Å². The van der Waals surface area contributed by atoms with Crippen LogP contribution in [-0.2, 0) is 12.8 Å². The summed E-state index contributed by atoms with van der Waals surface area (Å²) in [6, 6.07) is 0. The van der Waals surface area contributed by atoms with E-state index in [1.807, 2.05) is 19.0 Å². The number of aryl methyl sites for hydroxylation is 2. The molecule has 1 amide bonds. The molecule has 1 aliphatic rings. The van der Waals surface area contributed by atoms with Gasteiger partial charge < -0.3 is 10.2 Å². The van der Waals surface area contributed by atoms with Crippen LogP contribution in [0.2, 0.25) is 0 Å². The van der Waals surface area contributed by atoms with E-state index in [0.717, 1.165) is 35.3 Å². The predicted molar refractivity (Wildman–Crippen MR) is 93.7 cm³/mol. The average molecular weight is 344 g/mol. The highest BCUT2D eigenvalue weighted by molar-refractivity contribution is 7.19. The fourth-order valence-corrected chi connectivity index (χ4v) is 4.35. The molecular weight excluding hydrogens is 324 g/mol. The third-order valence-electron chi connectivity index (χ3n) is 4.34. The number of thiophene rings is 1. The number of carbonyl (C=O) groups is 1. The van der Waals surface area contributed by atoms with Crippen LogP contribution >= 0.6 is 11.3 Å². The van der Waals surface area contributed by atoms with Gasteiger partial charge in [0.1, 0.15) is 11.2 Å². The van der Waals surface area contributed by atoms with Crippen LogP contribution in [0.1, 0.15) is 33.9 Å². The molecule has 3 heterocycles. The molecule has 24 heavy (non-hydrogen) atoms. The van der Waals surface area contributed by atoms with E-state index in [4.69, 9.17) is 0 Å². The van der Waals surface area contributed by atoms with Crippen molar-refractivity contribution in [2.45, 2.75) is 25.7 Å². The van der Waals surface area contributed by atoms with E-state index in [1.165, 1.54) is 23.3 Å². The van der Waals surface area contributed by atoms with Crippen LogP contribution in [0.15, 0.2) is 6.33 Å². The van der Waals surface area contributed by atoms with Gasteiger partial charge in [0, 0.05) is 18.0 Å². The summed E-state index contributed by atoms with van der Waals surface area (Å²) in [4.78, 5) is 25.7. The Morgan fingerprint density at radius 3 is 3.04 bits per heavy atom. The number of likely N-dealkylation sites (N-methyl/N-ethyl adjacent to an activating group) is 1. The summed E-state index contributed by atoms with van der Waals surface area (Å²) >= 11 is 1.75. The largest absolute Gasteiger partial charge is 0.348 e. The first kappa shape index (κ1) is 15.5. The topological polar surface area (TPSA) is 75.4 Å². The molecule has 3 aromatic rings. The monoisotopic (exact) mass is 344 g/mol. The number of nitrogens with one attached hydrogen (secondary N) is 1. The molecule has 126 valence electrons. The van der Waals surface area contributed by atoms with Crippen molar-refractivity contribution in [2.75, 3.05) is 27.2 Å². The molecule has 0 aromatic carbocycles.